The fraction of sp³-hybridized carbons (Fsp3) is 0.701. The summed E-state index contributed by atoms with van der Waals surface area (Å²) in [5.41, 5.74) is 0. The third-order valence-corrected chi connectivity index (χ3v) is 17.0. The number of unbranched alkanes of at least 4 members (excludes halogenated alkanes) is 26. The Morgan fingerprint density at radius 2 is 0.579 bits per heavy atom. The molecule has 5 atom stereocenters. The van der Waals surface area contributed by atoms with Crippen molar-refractivity contribution in [3.05, 3.63) is 122 Å². The van der Waals surface area contributed by atoms with Crippen molar-refractivity contribution in [3.63, 3.8) is 0 Å². The Hall–Kier alpha value is -4.05. The monoisotopic (exact) mass is 1370 g/mol. The van der Waals surface area contributed by atoms with Gasteiger partial charge in [-0.05, 0) is 128 Å². The van der Waals surface area contributed by atoms with Crippen LogP contribution >= 0.6 is 15.6 Å². The van der Waals surface area contributed by atoms with E-state index in [9.17, 15) is 43.5 Å². The number of allylic oxidation sites excluding steroid dienone is 20. The molecule has 546 valence electrons. The van der Waals surface area contributed by atoms with Gasteiger partial charge in [-0.1, -0.05) is 264 Å². The van der Waals surface area contributed by atoms with Crippen LogP contribution in [0.15, 0.2) is 122 Å². The molecule has 0 heterocycles. The lowest BCUT2D eigenvalue weighted by Crippen LogP contribution is -2.30. The fourth-order valence-electron chi connectivity index (χ4n) is 9.52. The summed E-state index contributed by atoms with van der Waals surface area (Å²) in [6, 6.07) is 0. The van der Waals surface area contributed by atoms with E-state index in [4.69, 9.17) is 32.3 Å². The molecular weight excluding hydrogens is 1240 g/mol. The highest BCUT2D eigenvalue weighted by Gasteiger charge is 2.29. The SMILES string of the molecule is CC/C=C\C/C=C\C/C=C\C/C=C\C/C=C\C/C=C\CCCCCCCCCCCCCCC(=O)OCC(O)COP(=O)(O)OCC(O)COP(=O)(O)OCC(COC(=O)CCCCCCC/C=C\C/C=C\CCCCC)OC(=O)CCCCCCC/C=C\C/C=C\CCC. The minimum atomic E-state index is -4.93. The Labute approximate surface area is 576 Å². The van der Waals surface area contributed by atoms with Crippen LogP contribution in [0.25, 0.3) is 0 Å². The Morgan fingerprint density at radius 3 is 0.926 bits per heavy atom. The number of phosphoric acid groups is 2. The van der Waals surface area contributed by atoms with Crippen LogP contribution in [-0.4, -0.2) is 95.9 Å². The molecule has 4 N–H and O–H groups in total. The van der Waals surface area contributed by atoms with Gasteiger partial charge in [-0.25, -0.2) is 9.13 Å². The molecule has 0 fully saturated rings. The van der Waals surface area contributed by atoms with E-state index in [1.165, 1.54) is 70.6 Å². The van der Waals surface area contributed by atoms with E-state index in [-0.39, 0.29) is 19.3 Å². The number of phosphoric ester groups is 2. The lowest BCUT2D eigenvalue weighted by molar-refractivity contribution is -0.161. The van der Waals surface area contributed by atoms with Gasteiger partial charge in [0.15, 0.2) is 6.10 Å². The Balaban J connectivity index is 4.43. The molecule has 16 nitrogen and oxygen atoms in total. The molecule has 95 heavy (non-hydrogen) atoms. The Kier molecular flexibility index (Phi) is 66.9. The van der Waals surface area contributed by atoms with Crippen LogP contribution in [0.1, 0.15) is 290 Å². The first-order valence-corrected chi connectivity index (χ1v) is 39.8. The van der Waals surface area contributed by atoms with Gasteiger partial charge < -0.3 is 34.2 Å². The molecular formula is C77H132O16P2. The van der Waals surface area contributed by atoms with Gasteiger partial charge in [0.2, 0.25) is 0 Å². The summed E-state index contributed by atoms with van der Waals surface area (Å²) in [6.07, 6.45) is 81.2. The second kappa shape index (κ2) is 69.8. The van der Waals surface area contributed by atoms with Gasteiger partial charge in [0.25, 0.3) is 0 Å². The molecule has 0 aliphatic heterocycles. The van der Waals surface area contributed by atoms with Crippen LogP contribution in [0.2, 0.25) is 0 Å². The van der Waals surface area contributed by atoms with Crippen molar-refractivity contribution in [1.29, 1.82) is 0 Å². The number of hydrogen-bond donors (Lipinski definition) is 4. The summed E-state index contributed by atoms with van der Waals surface area (Å²) >= 11 is 0. The quantitative estimate of drug-likeness (QED) is 0.0146. The van der Waals surface area contributed by atoms with Gasteiger partial charge in [-0.2, -0.15) is 0 Å². The Bertz CT molecular complexity index is 2210. The molecule has 0 saturated carbocycles. The standard InChI is InChI=1S/C77H132O16P2/c1-4-7-10-13-16-19-22-25-27-28-29-30-31-32-33-34-35-36-37-38-39-40-41-42-44-47-48-51-54-57-60-63-75(80)87-66-72(78)67-89-94(83,84)90-68-73(79)69-91-95(85,86)92-71-74(93-77(82)65-62-59-56-53-50-45-24-21-18-15-12-9-6-3)70-88-76(81)64-61-58-55-52-49-46-43-26-23-20-17-14-11-8-5-2/h7,10,12,15-17,19-21,24-27,29-30,32-33,35-36,43,72-74,78-79H,4-6,8-9,11,13-14,18,22-23,28,31,34,37-42,44-71H2,1-3H3,(H,83,84)(H,85,86)/b10-7-,15-12-,19-16-,20-17-,24-21-,27-25-,30-29-,33-32-,36-35-,43-26-. The molecule has 0 aliphatic carbocycles. The second-order valence-corrected chi connectivity index (χ2v) is 27.3. The highest BCUT2D eigenvalue weighted by Crippen LogP contribution is 2.45. The van der Waals surface area contributed by atoms with Crippen molar-refractivity contribution < 1.29 is 75.8 Å². The average Bonchev–Trinajstić information content (AvgIpc) is 1.75. The summed E-state index contributed by atoms with van der Waals surface area (Å²) in [6.45, 7) is 2.43. The van der Waals surface area contributed by atoms with E-state index >= 15 is 0 Å². The van der Waals surface area contributed by atoms with Gasteiger partial charge in [0, 0.05) is 19.3 Å². The van der Waals surface area contributed by atoms with Gasteiger partial charge in [-0.15, -0.1) is 0 Å². The maximum Gasteiger partial charge on any atom is 0.472 e. The summed E-state index contributed by atoms with van der Waals surface area (Å²) < 4.78 is 60.9. The molecule has 18 heteroatoms. The largest absolute Gasteiger partial charge is 0.472 e. The summed E-state index contributed by atoms with van der Waals surface area (Å²) in [4.78, 5) is 58.4. The third-order valence-electron chi connectivity index (χ3n) is 15.1. The molecule has 0 saturated heterocycles. The van der Waals surface area contributed by atoms with Crippen molar-refractivity contribution in [1.82, 2.24) is 0 Å². The predicted octanol–water partition coefficient (Wildman–Crippen LogP) is 21.0. The molecule has 0 rings (SSSR count). The van der Waals surface area contributed by atoms with E-state index in [2.05, 4.69) is 142 Å². The summed E-state index contributed by atoms with van der Waals surface area (Å²) in [7, 11) is -9.79. The van der Waals surface area contributed by atoms with Crippen molar-refractivity contribution in [3.8, 4) is 0 Å². The topological polar surface area (TPSA) is 231 Å². The van der Waals surface area contributed by atoms with Crippen LogP contribution < -0.4 is 0 Å². The maximum absolute atomic E-state index is 12.9. The van der Waals surface area contributed by atoms with Crippen molar-refractivity contribution in [2.75, 3.05) is 39.6 Å². The number of hydrogen-bond acceptors (Lipinski definition) is 14. The van der Waals surface area contributed by atoms with Crippen LogP contribution in [0.3, 0.4) is 0 Å². The van der Waals surface area contributed by atoms with Crippen LogP contribution in [-0.2, 0) is 55.8 Å². The number of rotatable bonds is 69. The first-order chi connectivity index (χ1) is 46.2. The molecule has 0 aromatic carbocycles. The van der Waals surface area contributed by atoms with E-state index in [0.29, 0.717) is 19.3 Å². The molecule has 0 aromatic rings. The van der Waals surface area contributed by atoms with Gasteiger partial charge in [0.05, 0.1) is 26.4 Å². The van der Waals surface area contributed by atoms with E-state index < -0.39 is 91.5 Å². The number of carbonyl (C=O) groups excluding carboxylic acids is 3. The molecule has 0 bridgehead atoms. The number of ether oxygens (including phenoxy) is 3. The van der Waals surface area contributed by atoms with E-state index in [1.807, 2.05) is 0 Å². The van der Waals surface area contributed by atoms with Crippen molar-refractivity contribution in [2.45, 2.75) is 309 Å². The molecule has 5 unspecified atom stereocenters. The molecule has 0 amide bonds. The minimum absolute atomic E-state index is 0.0843. The van der Waals surface area contributed by atoms with Crippen molar-refractivity contribution >= 4 is 33.6 Å². The zero-order valence-electron chi connectivity index (χ0n) is 59.3. The highest BCUT2D eigenvalue weighted by molar-refractivity contribution is 7.47. The highest BCUT2D eigenvalue weighted by atomic mass is 31.2. The molecule has 0 aliphatic rings. The Morgan fingerprint density at radius 1 is 0.305 bits per heavy atom. The lowest BCUT2D eigenvalue weighted by Gasteiger charge is -2.21. The van der Waals surface area contributed by atoms with E-state index in [0.717, 1.165) is 161 Å². The first-order valence-electron chi connectivity index (χ1n) is 36.8. The molecule has 0 spiro atoms. The maximum atomic E-state index is 12.9. The van der Waals surface area contributed by atoms with E-state index in [1.54, 1.807) is 0 Å². The van der Waals surface area contributed by atoms with Crippen LogP contribution in [0.4, 0.5) is 0 Å². The summed E-state index contributed by atoms with van der Waals surface area (Å²) in [5, 5.41) is 20.6. The van der Waals surface area contributed by atoms with Crippen LogP contribution in [0.5, 0.6) is 0 Å². The minimum Gasteiger partial charge on any atom is -0.463 e. The number of esters is 3. The predicted molar refractivity (Wildman–Crippen MR) is 390 cm³/mol. The second-order valence-electron chi connectivity index (χ2n) is 24.4. The fourth-order valence-corrected chi connectivity index (χ4v) is 11.1. The van der Waals surface area contributed by atoms with Crippen molar-refractivity contribution in [2.24, 2.45) is 0 Å². The normalized spacial score (nSPS) is 14.8. The zero-order chi connectivity index (χ0) is 69.5. The number of carbonyl (C=O) groups is 3. The summed E-state index contributed by atoms with van der Waals surface area (Å²) in [5.74, 6) is -1.61. The number of aliphatic hydroxyl groups is 2. The van der Waals surface area contributed by atoms with Gasteiger partial charge >= 0.3 is 33.6 Å². The van der Waals surface area contributed by atoms with Crippen LogP contribution in [0, 0.1) is 0 Å². The smallest absolute Gasteiger partial charge is 0.463 e. The zero-order valence-corrected chi connectivity index (χ0v) is 61.1. The lowest BCUT2D eigenvalue weighted by atomic mass is 10.0. The average molecular weight is 1380 g/mol. The third kappa shape index (κ3) is 71.1. The molecule has 0 radical (unpaired) electrons. The van der Waals surface area contributed by atoms with Gasteiger partial charge in [0.1, 0.15) is 25.4 Å². The molecule has 0 aromatic heterocycles. The number of aliphatic hydroxyl groups excluding tert-OH is 2. The first kappa shape index (κ1) is 91.0. The van der Waals surface area contributed by atoms with Gasteiger partial charge in [-0.3, -0.25) is 32.5 Å².